The minimum absolute atomic E-state index is 0.343. The zero-order chi connectivity index (χ0) is 12.7. The molecule has 0 fully saturated rings. The zero-order valence-electron chi connectivity index (χ0n) is 10.4. The van der Waals surface area contributed by atoms with E-state index in [9.17, 15) is 4.57 Å². The van der Waals surface area contributed by atoms with Crippen molar-refractivity contribution < 1.29 is 13.6 Å². The lowest BCUT2D eigenvalue weighted by Crippen LogP contribution is -2.19. The fraction of sp³-hybridized carbons (Fsp3) is 0.545. The third-order valence-corrected chi connectivity index (χ3v) is 4.63. The van der Waals surface area contributed by atoms with Crippen LogP contribution >= 0.6 is 7.60 Å². The van der Waals surface area contributed by atoms with E-state index in [2.05, 4.69) is 10.3 Å². The number of aromatic nitrogens is 1. The van der Waals surface area contributed by atoms with E-state index in [1.165, 1.54) is 0 Å². The van der Waals surface area contributed by atoms with Crippen LogP contribution in [0.4, 0.5) is 0 Å². The SMILES string of the molecule is CCOP(=O)(OCC)C(NC)c1cccnc1. The lowest BCUT2D eigenvalue weighted by Gasteiger charge is -2.25. The van der Waals surface area contributed by atoms with Crippen LogP contribution < -0.4 is 5.32 Å². The topological polar surface area (TPSA) is 60.5 Å². The fourth-order valence-electron chi connectivity index (χ4n) is 1.59. The number of nitrogens with zero attached hydrogens (tertiary/aromatic N) is 1. The van der Waals surface area contributed by atoms with Crippen molar-refractivity contribution in [2.24, 2.45) is 0 Å². The van der Waals surface area contributed by atoms with Gasteiger partial charge in [-0.2, -0.15) is 0 Å². The summed E-state index contributed by atoms with van der Waals surface area (Å²) in [5, 5.41) is 2.98. The molecule has 0 aliphatic carbocycles. The van der Waals surface area contributed by atoms with Crippen molar-refractivity contribution in [2.45, 2.75) is 19.6 Å². The Labute approximate surface area is 102 Å². The molecule has 0 radical (unpaired) electrons. The van der Waals surface area contributed by atoms with Crippen LogP contribution in [-0.2, 0) is 13.6 Å². The predicted molar refractivity (Wildman–Crippen MR) is 66.9 cm³/mol. The summed E-state index contributed by atoms with van der Waals surface area (Å²) in [7, 11) is -1.48. The second-order valence-electron chi connectivity index (χ2n) is 3.35. The molecule has 1 rings (SSSR count). The largest absolute Gasteiger partial charge is 0.351 e. The number of hydrogen-bond donors (Lipinski definition) is 1. The molecule has 0 aliphatic heterocycles. The first-order valence-corrected chi connectivity index (χ1v) is 7.25. The van der Waals surface area contributed by atoms with Gasteiger partial charge >= 0.3 is 7.60 Å². The molecule has 0 saturated carbocycles. The molecule has 1 aromatic rings. The molecule has 1 heterocycles. The Bertz CT molecular complexity index is 362. The summed E-state index contributed by atoms with van der Waals surface area (Å²) >= 11 is 0. The van der Waals surface area contributed by atoms with Crippen molar-refractivity contribution in [1.29, 1.82) is 0 Å². The van der Waals surface area contributed by atoms with Gasteiger partial charge in [-0.25, -0.2) is 0 Å². The summed E-state index contributed by atoms with van der Waals surface area (Å²) < 4.78 is 23.3. The van der Waals surface area contributed by atoms with Gasteiger partial charge in [0.25, 0.3) is 0 Å². The van der Waals surface area contributed by atoms with Crippen LogP contribution in [0.2, 0.25) is 0 Å². The first kappa shape index (κ1) is 14.3. The average molecular weight is 258 g/mol. The maximum absolute atomic E-state index is 12.6. The highest BCUT2D eigenvalue weighted by Crippen LogP contribution is 2.59. The van der Waals surface area contributed by atoms with Gasteiger partial charge < -0.3 is 14.4 Å². The van der Waals surface area contributed by atoms with E-state index < -0.39 is 13.4 Å². The average Bonchev–Trinajstić information content (AvgIpc) is 2.31. The quantitative estimate of drug-likeness (QED) is 0.761. The van der Waals surface area contributed by atoms with E-state index >= 15 is 0 Å². The molecule has 1 N–H and O–H groups in total. The Morgan fingerprint density at radius 3 is 2.47 bits per heavy atom. The second kappa shape index (κ2) is 6.87. The summed E-state index contributed by atoms with van der Waals surface area (Å²) in [5.41, 5.74) is 0.792. The van der Waals surface area contributed by atoms with Gasteiger partial charge in [-0.3, -0.25) is 9.55 Å². The van der Waals surface area contributed by atoms with Crippen LogP contribution in [0, 0.1) is 0 Å². The van der Waals surface area contributed by atoms with E-state index in [-0.39, 0.29) is 0 Å². The van der Waals surface area contributed by atoms with Gasteiger partial charge in [0.15, 0.2) is 0 Å². The van der Waals surface area contributed by atoms with E-state index in [4.69, 9.17) is 9.05 Å². The lowest BCUT2D eigenvalue weighted by atomic mass is 10.3. The summed E-state index contributed by atoms with van der Waals surface area (Å²) in [6.45, 7) is 4.27. The lowest BCUT2D eigenvalue weighted by molar-refractivity contribution is 0.209. The zero-order valence-corrected chi connectivity index (χ0v) is 11.3. The summed E-state index contributed by atoms with van der Waals surface area (Å²) in [4.78, 5) is 4.02. The van der Waals surface area contributed by atoms with E-state index in [1.807, 2.05) is 6.07 Å². The van der Waals surface area contributed by atoms with Crippen LogP contribution in [0.5, 0.6) is 0 Å². The van der Waals surface area contributed by atoms with Gasteiger partial charge in [0.05, 0.1) is 13.2 Å². The van der Waals surface area contributed by atoms with Crippen LogP contribution in [-0.4, -0.2) is 25.2 Å². The molecule has 0 amide bonds. The molecule has 1 aromatic heterocycles. The maximum atomic E-state index is 12.6. The van der Waals surface area contributed by atoms with Crippen molar-refractivity contribution in [3.8, 4) is 0 Å². The van der Waals surface area contributed by atoms with Gasteiger partial charge in [-0.05, 0) is 32.5 Å². The normalized spacial score (nSPS) is 13.6. The van der Waals surface area contributed by atoms with Crippen molar-refractivity contribution in [3.63, 3.8) is 0 Å². The molecule has 6 heteroatoms. The summed E-state index contributed by atoms with van der Waals surface area (Å²) in [5.74, 6) is -0.490. The molecule has 1 unspecified atom stereocenters. The van der Waals surface area contributed by atoms with Crippen molar-refractivity contribution >= 4 is 7.60 Å². The molecule has 0 saturated heterocycles. The van der Waals surface area contributed by atoms with Gasteiger partial charge in [-0.1, -0.05) is 6.07 Å². The van der Waals surface area contributed by atoms with Crippen molar-refractivity contribution in [2.75, 3.05) is 20.3 Å². The molecule has 0 spiro atoms. The van der Waals surface area contributed by atoms with Gasteiger partial charge in [-0.15, -0.1) is 0 Å². The molecule has 96 valence electrons. The first-order chi connectivity index (χ1) is 8.18. The van der Waals surface area contributed by atoms with Crippen LogP contribution in [0.15, 0.2) is 24.5 Å². The minimum Gasteiger partial charge on any atom is -0.308 e. The van der Waals surface area contributed by atoms with Crippen LogP contribution in [0.3, 0.4) is 0 Å². The first-order valence-electron chi connectivity index (χ1n) is 5.64. The third-order valence-electron chi connectivity index (χ3n) is 2.21. The Morgan fingerprint density at radius 1 is 1.41 bits per heavy atom. The van der Waals surface area contributed by atoms with Crippen molar-refractivity contribution in [1.82, 2.24) is 10.3 Å². The highest BCUT2D eigenvalue weighted by atomic mass is 31.2. The Balaban J connectivity index is 3.01. The summed E-state index contributed by atoms with van der Waals surface area (Å²) in [6, 6.07) is 3.64. The van der Waals surface area contributed by atoms with E-state index in [1.54, 1.807) is 39.4 Å². The van der Waals surface area contributed by atoms with Crippen molar-refractivity contribution in [3.05, 3.63) is 30.1 Å². The highest BCUT2D eigenvalue weighted by Gasteiger charge is 2.35. The Kier molecular flexibility index (Phi) is 5.78. The highest BCUT2D eigenvalue weighted by molar-refractivity contribution is 7.54. The number of nitrogens with one attached hydrogen (secondary N) is 1. The number of pyridine rings is 1. The van der Waals surface area contributed by atoms with E-state index in [0.717, 1.165) is 5.56 Å². The fourth-order valence-corrected chi connectivity index (χ4v) is 3.52. The molecular weight excluding hydrogens is 239 g/mol. The molecule has 5 nitrogen and oxygen atoms in total. The smallest absolute Gasteiger partial charge is 0.308 e. The summed E-state index contributed by atoms with van der Waals surface area (Å²) in [6.07, 6.45) is 3.33. The molecule has 0 aliphatic rings. The Morgan fingerprint density at radius 2 is 2.06 bits per heavy atom. The molecular formula is C11H19N2O3P. The van der Waals surface area contributed by atoms with Gasteiger partial charge in [0.2, 0.25) is 0 Å². The molecule has 0 bridgehead atoms. The number of rotatable bonds is 7. The molecule has 0 aromatic carbocycles. The third kappa shape index (κ3) is 3.61. The molecule has 1 atom stereocenters. The van der Waals surface area contributed by atoms with Crippen LogP contribution in [0.1, 0.15) is 25.2 Å². The minimum atomic E-state index is -3.20. The van der Waals surface area contributed by atoms with Gasteiger partial charge in [0.1, 0.15) is 5.78 Å². The monoisotopic (exact) mass is 258 g/mol. The second-order valence-corrected chi connectivity index (χ2v) is 5.47. The maximum Gasteiger partial charge on any atom is 0.351 e. The van der Waals surface area contributed by atoms with E-state index in [0.29, 0.717) is 13.2 Å². The van der Waals surface area contributed by atoms with Gasteiger partial charge in [0, 0.05) is 12.4 Å². The predicted octanol–water partition coefficient (Wildman–Crippen LogP) is 2.57. The Hall–Kier alpha value is -0.740. The molecule has 17 heavy (non-hydrogen) atoms. The standard InChI is InChI=1S/C11H19N2O3P/c1-4-15-17(14,16-5-2)11(12-3)10-7-6-8-13-9-10/h6-9,11-12H,4-5H2,1-3H3. The number of hydrogen-bond acceptors (Lipinski definition) is 5. The van der Waals surface area contributed by atoms with Crippen LogP contribution in [0.25, 0.3) is 0 Å².